The third kappa shape index (κ3) is 5.51. The van der Waals surface area contributed by atoms with Gasteiger partial charge < -0.3 is 5.73 Å². The van der Waals surface area contributed by atoms with Gasteiger partial charge in [-0.2, -0.15) is 0 Å². The maximum absolute atomic E-state index is 12.0. The van der Waals surface area contributed by atoms with E-state index >= 15 is 0 Å². The highest BCUT2D eigenvalue weighted by atomic mass is 32.1. The average Bonchev–Trinajstić information content (AvgIpc) is 2.57. The van der Waals surface area contributed by atoms with Crippen LogP contribution in [0.25, 0.3) is 0 Å². The van der Waals surface area contributed by atoms with E-state index in [4.69, 9.17) is 5.73 Å². The number of hydrogen-bond donors (Lipinski definition) is 3. The largest absolute Gasteiger partial charge is 0.399 e. The summed E-state index contributed by atoms with van der Waals surface area (Å²) in [5.74, 6) is 0.0154. The van der Waals surface area contributed by atoms with Crippen LogP contribution in [0.5, 0.6) is 0 Å². The summed E-state index contributed by atoms with van der Waals surface area (Å²) in [6, 6.07) is 23.8. The maximum Gasteiger partial charge on any atom is 0.193 e. The first kappa shape index (κ1) is 17.2. The molecule has 0 unspecified atom stereocenters. The van der Waals surface area contributed by atoms with E-state index in [1.165, 1.54) is 0 Å². The lowest BCUT2D eigenvalue weighted by Crippen LogP contribution is -2.00. The molecule has 2 nitrogen and oxygen atoms in total. The van der Waals surface area contributed by atoms with E-state index in [1.807, 2.05) is 54.6 Å². The summed E-state index contributed by atoms with van der Waals surface area (Å²) in [5.41, 5.74) is 7.52. The molecule has 0 amide bonds. The molecule has 0 bridgehead atoms. The second kappa shape index (κ2) is 8.46. The number of carbonyl (C=O) groups is 1. The van der Waals surface area contributed by atoms with Gasteiger partial charge in [-0.3, -0.25) is 4.79 Å². The normalized spacial score (nSPS) is 9.65. The van der Waals surface area contributed by atoms with Crippen LogP contribution >= 0.6 is 25.3 Å². The minimum Gasteiger partial charge on any atom is -0.399 e. The number of thiol groups is 2. The first-order valence-corrected chi connectivity index (χ1v) is 7.89. The number of hydrogen-bond acceptors (Lipinski definition) is 4. The predicted molar refractivity (Wildman–Crippen MR) is 102 cm³/mol. The van der Waals surface area contributed by atoms with E-state index in [0.717, 1.165) is 15.5 Å². The lowest BCUT2D eigenvalue weighted by molar-refractivity contribution is 0.103. The molecule has 116 valence electrons. The summed E-state index contributed by atoms with van der Waals surface area (Å²) in [6.45, 7) is 0. The molecule has 0 saturated heterocycles. The summed E-state index contributed by atoms with van der Waals surface area (Å²) in [7, 11) is 0. The molecule has 2 N–H and O–H groups in total. The SMILES string of the molecule is Nc1ccccc1.O=C(c1ccc(S)cc1)c1ccc(S)cc1. The van der Waals surface area contributed by atoms with Crippen LogP contribution in [0.4, 0.5) is 5.69 Å². The van der Waals surface area contributed by atoms with Crippen molar-refractivity contribution in [2.24, 2.45) is 0 Å². The fourth-order valence-corrected chi connectivity index (χ4v) is 2.14. The van der Waals surface area contributed by atoms with Crippen LogP contribution < -0.4 is 5.73 Å². The highest BCUT2D eigenvalue weighted by Crippen LogP contribution is 2.14. The molecule has 0 fully saturated rings. The van der Waals surface area contributed by atoms with Gasteiger partial charge in [0, 0.05) is 26.6 Å². The zero-order chi connectivity index (χ0) is 16.7. The van der Waals surface area contributed by atoms with Crippen molar-refractivity contribution >= 4 is 36.7 Å². The van der Waals surface area contributed by atoms with Gasteiger partial charge in [0.1, 0.15) is 0 Å². The number of ketones is 1. The maximum atomic E-state index is 12.0. The topological polar surface area (TPSA) is 43.1 Å². The average molecular weight is 339 g/mol. The standard InChI is InChI=1S/C13H10OS2.C6H7N/c14-13(9-1-5-11(15)6-2-9)10-3-7-12(16)8-4-10;7-6-4-2-1-3-5-6/h1-8,15-16H;1-5H,7H2. The minimum absolute atomic E-state index is 0.0154. The Labute approximate surface area is 147 Å². The van der Waals surface area contributed by atoms with Crippen LogP contribution in [0.1, 0.15) is 15.9 Å². The number of nitrogens with two attached hydrogens (primary N) is 1. The number of para-hydroxylation sites is 1. The smallest absolute Gasteiger partial charge is 0.193 e. The van der Waals surface area contributed by atoms with Gasteiger partial charge in [0.15, 0.2) is 5.78 Å². The van der Waals surface area contributed by atoms with Crippen molar-refractivity contribution in [2.45, 2.75) is 9.79 Å². The van der Waals surface area contributed by atoms with Gasteiger partial charge in [0.2, 0.25) is 0 Å². The Hall–Kier alpha value is -2.17. The Morgan fingerprint density at radius 2 is 1.04 bits per heavy atom. The molecular formula is C19H17NOS2. The molecule has 0 saturated carbocycles. The zero-order valence-corrected chi connectivity index (χ0v) is 14.2. The van der Waals surface area contributed by atoms with Crippen molar-refractivity contribution < 1.29 is 4.79 Å². The summed E-state index contributed by atoms with van der Waals surface area (Å²) >= 11 is 8.36. The summed E-state index contributed by atoms with van der Waals surface area (Å²) in [6.07, 6.45) is 0. The predicted octanol–water partition coefficient (Wildman–Crippen LogP) is 4.76. The van der Waals surface area contributed by atoms with Crippen molar-refractivity contribution in [1.82, 2.24) is 0 Å². The van der Waals surface area contributed by atoms with E-state index in [2.05, 4.69) is 25.3 Å². The second-order valence-corrected chi connectivity index (χ2v) is 5.87. The van der Waals surface area contributed by atoms with Crippen molar-refractivity contribution in [1.29, 1.82) is 0 Å². The Kier molecular flexibility index (Phi) is 6.32. The quantitative estimate of drug-likeness (QED) is 0.358. The molecule has 0 radical (unpaired) electrons. The summed E-state index contributed by atoms with van der Waals surface area (Å²) in [4.78, 5) is 13.7. The number of rotatable bonds is 2. The van der Waals surface area contributed by atoms with Crippen molar-refractivity contribution in [3.8, 4) is 0 Å². The van der Waals surface area contributed by atoms with Crippen molar-refractivity contribution in [2.75, 3.05) is 5.73 Å². The van der Waals surface area contributed by atoms with Gasteiger partial charge in [0.25, 0.3) is 0 Å². The lowest BCUT2D eigenvalue weighted by atomic mass is 10.0. The van der Waals surface area contributed by atoms with Crippen LogP contribution in [0.3, 0.4) is 0 Å². The summed E-state index contributed by atoms with van der Waals surface area (Å²) < 4.78 is 0. The number of carbonyl (C=O) groups excluding carboxylic acids is 1. The van der Waals surface area contributed by atoms with Crippen molar-refractivity contribution in [3.05, 3.63) is 90.0 Å². The molecule has 23 heavy (non-hydrogen) atoms. The molecule has 0 aliphatic rings. The van der Waals surface area contributed by atoms with Gasteiger partial charge in [-0.15, -0.1) is 25.3 Å². The van der Waals surface area contributed by atoms with Gasteiger partial charge >= 0.3 is 0 Å². The zero-order valence-electron chi connectivity index (χ0n) is 12.4. The van der Waals surface area contributed by atoms with Gasteiger partial charge in [-0.05, 0) is 60.7 Å². The van der Waals surface area contributed by atoms with E-state index in [1.54, 1.807) is 24.3 Å². The number of anilines is 1. The molecule has 3 aromatic rings. The van der Waals surface area contributed by atoms with Gasteiger partial charge in [0.05, 0.1) is 0 Å². The van der Waals surface area contributed by atoms with Crippen LogP contribution in [0, 0.1) is 0 Å². The molecule has 0 aliphatic carbocycles. The fraction of sp³-hybridized carbons (Fsp3) is 0. The summed E-state index contributed by atoms with van der Waals surface area (Å²) in [5, 5.41) is 0. The van der Waals surface area contributed by atoms with Crippen molar-refractivity contribution in [3.63, 3.8) is 0 Å². The Morgan fingerprint density at radius 3 is 1.35 bits per heavy atom. The Morgan fingerprint density at radius 1 is 0.652 bits per heavy atom. The lowest BCUT2D eigenvalue weighted by Gasteiger charge is -2.01. The monoisotopic (exact) mass is 339 g/mol. The minimum atomic E-state index is 0.0154. The molecule has 4 heteroatoms. The van der Waals surface area contributed by atoms with E-state index < -0.39 is 0 Å². The molecule has 0 heterocycles. The number of benzene rings is 3. The highest BCUT2D eigenvalue weighted by Gasteiger charge is 2.07. The Balaban J connectivity index is 0.000000229. The van der Waals surface area contributed by atoms with E-state index in [0.29, 0.717) is 11.1 Å². The van der Waals surface area contributed by atoms with Crippen LogP contribution in [0.15, 0.2) is 88.7 Å². The highest BCUT2D eigenvalue weighted by molar-refractivity contribution is 7.80. The van der Waals surface area contributed by atoms with Crippen LogP contribution in [-0.2, 0) is 0 Å². The molecular weight excluding hydrogens is 322 g/mol. The third-order valence-electron chi connectivity index (χ3n) is 3.06. The molecule has 0 atom stereocenters. The van der Waals surface area contributed by atoms with Gasteiger partial charge in [-0.1, -0.05) is 18.2 Å². The third-order valence-corrected chi connectivity index (χ3v) is 3.65. The molecule has 3 rings (SSSR count). The molecule has 3 aromatic carbocycles. The fourth-order valence-electron chi connectivity index (χ4n) is 1.85. The number of nitrogen functional groups attached to an aromatic ring is 1. The Bertz CT molecular complexity index is 706. The van der Waals surface area contributed by atoms with E-state index in [-0.39, 0.29) is 5.78 Å². The van der Waals surface area contributed by atoms with Crippen LogP contribution in [0.2, 0.25) is 0 Å². The van der Waals surface area contributed by atoms with Gasteiger partial charge in [-0.25, -0.2) is 0 Å². The second-order valence-electron chi connectivity index (χ2n) is 4.83. The molecule has 0 aliphatic heterocycles. The first-order valence-electron chi connectivity index (χ1n) is 6.99. The molecule has 0 spiro atoms. The molecule has 0 aromatic heterocycles. The van der Waals surface area contributed by atoms with E-state index in [9.17, 15) is 4.79 Å². The first-order chi connectivity index (χ1) is 11.1. The van der Waals surface area contributed by atoms with Crippen LogP contribution in [-0.4, -0.2) is 5.78 Å².